The summed E-state index contributed by atoms with van der Waals surface area (Å²) in [6.07, 6.45) is 0. The summed E-state index contributed by atoms with van der Waals surface area (Å²) >= 11 is 6.16. The summed E-state index contributed by atoms with van der Waals surface area (Å²) in [6, 6.07) is 25.2. The van der Waals surface area contributed by atoms with Crippen LogP contribution in [-0.4, -0.2) is 0 Å². The number of benzene rings is 3. The molecule has 0 unspecified atom stereocenters. The van der Waals surface area contributed by atoms with E-state index in [4.69, 9.17) is 11.6 Å². The van der Waals surface area contributed by atoms with Gasteiger partial charge in [-0.3, -0.25) is 0 Å². The van der Waals surface area contributed by atoms with Crippen molar-refractivity contribution in [2.45, 2.75) is 0 Å². The summed E-state index contributed by atoms with van der Waals surface area (Å²) in [5.74, 6) is 1.28. The smallest absolute Gasteiger partial charge is 0.0674 e. The Hall–Kier alpha value is -2.18. The van der Waals surface area contributed by atoms with Gasteiger partial charge in [0.1, 0.15) is 0 Å². The van der Waals surface area contributed by atoms with Crippen molar-refractivity contribution in [3.8, 4) is 11.1 Å². The molecule has 0 aliphatic heterocycles. The molecule has 3 aromatic rings. The lowest BCUT2D eigenvalue weighted by Crippen LogP contribution is -1.99. The number of hydrogen-bond donors (Lipinski definition) is 0. The summed E-state index contributed by atoms with van der Waals surface area (Å²) in [5, 5.41) is 0.775. The van der Waals surface area contributed by atoms with Gasteiger partial charge in [0.2, 0.25) is 0 Å². The minimum absolute atomic E-state index is 0.775. The van der Waals surface area contributed by atoms with E-state index in [-0.39, 0.29) is 0 Å². The van der Waals surface area contributed by atoms with Crippen LogP contribution in [0.25, 0.3) is 11.1 Å². The van der Waals surface area contributed by atoms with Crippen LogP contribution < -0.4 is 0 Å². The summed E-state index contributed by atoms with van der Waals surface area (Å²) in [4.78, 5) is 0. The van der Waals surface area contributed by atoms with Crippen LogP contribution in [0.4, 0.5) is 0 Å². The number of hydrogen-bond acceptors (Lipinski definition) is 0. The molecule has 0 amide bonds. The molecular weight excluding hydrogens is 264 g/mol. The summed E-state index contributed by atoms with van der Waals surface area (Å²) in [6.45, 7) is 0. The average molecular weight is 276 g/mol. The number of halogens is 1. The molecule has 0 N–H and O–H groups in total. The first kappa shape index (κ1) is 11.6. The standard InChI is InChI=1S/C19H12Cl/c20-14-7-5-6-13(12-14)19-17-10-3-1-8-15(17)16-9-2-4-11-18(16)19/h1-12H/q+1. The molecular formula is C19H12Cl+. The van der Waals surface area contributed by atoms with Gasteiger partial charge in [0, 0.05) is 6.07 Å². The first-order valence-electron chi connectivity index (χ1n) is 6.67. The van der Waals surface area contributed by atoms with Gasteiger partial charge < -0.3 is 0 Å². The van der Waals surface area contributed by atoms with E-state index in [1.165, 1.54) is 33.7 Å². The van der Waals surface area contributed by atoms with Gasteiger partial charge >= 0.3 is 0 Å². The normalized spacial score (nSPS) is 12.2. The van der Waals surface area contributed by atoms with Gasteiger partial charge in [-0.05, 0) is 66.7 Å². The molecule has 0 fully saturated rings. The molecule has 0 saturated heterocycles. The highest BCUT2D eigenvalue weighted by Gasteiger charge is 2.35. The third-order valence-electron chi connectivity index (χ3n) is 3.80. The predicted molar refractivity (Wildman–Crippen MR) is 83.9 cm³/mol. The zero-order valence-corrected chi connectivity index (χ0v) is 11.6. The lowest BCUT2D eigenvalue weighted by atomic mass is 9.89. The van der Waals surface area contributed by atoms with E-state index in [0.29, 0.717) is 0 Å². The Balaban J connectivity index is 2.00. The molecule has 0 heterocycles. The van der Waals surface area contributed by atoms with Crippen molar-refractivity contribution in [3.63, 3.8) is 0 Å². The van der Waals surface area contributed by atoms with Crippen LogP contribution in [0, 0.1) is 5.92 Å². The topological polar surface area (TPSA) is 0 Å². The average Bonchev–Trinajstić information content (AvgIpc) is 2.82. The quantitative estimate of drug-likeness (QED) is 0.411. The first-order chi connectivity index (χ1) is 9.84. The van der Waals surface area contributed by atoms with E-state index in [1.807, 2.05) is 18.2 Å². The fourth-order valence-corrected chi connectivity index (χ4v) is 3.16. The minimum atomic E-state index is 0.775. The van der Waals surface area contributed by atoms with Crippen LogP contribution in [0.1, 0.15) is 16.7 Å². The maximum absolute atomic E-state index is 6.16. The summed E-state index contributed by atoms with van der Waals surface area (Å²) in [7, 11) is 0. The highest BCUT2D eigenvalue weighted by molar-refractivity contribution is 6.30. The largest absolute Gasteiger partial charge is 0.0776 e. The molecule has 20 heavy (non-hydrogen) atoms. The molecule has 1 aliphatic rings. The molecule has 0 spiro atoms. The van der Waals surface area contributed by atoms with Crippen molar-refractivity contribution in [2.24, 2.45) is 0 Å². The van der Waals surface area contributed by atoms with Gasteiger partial charge in [0.05, 0.1) is 38.8 Å². The van der Waals surface area contributed by atoms with E-state index in [0.717, 1.165) is 5.02 Å². The molecule has 94 valence electrons. The number of fused-ring (bicyclic) bond motifs is 3. The van der Waals surface area contributed by atoms with E-state index in [2.05, 4.69) is 54.6 Å². The third-order valence-corrected chi connectivity index (χ3v) is 4.03. The van der Waals surface area contributed by atoms with Crippen molar-refractivity contribution >= 4 is 11.6 Å². The van der Waals surface area contributed by atoms with Crippen molar-refractivity contribution in [1.82, 2.24) is 0 Å². The molecule has 1 heteroatoms. The zero-order chi connectivity index (χ0) is 13.5. The highest BCUT2D eigenvalue weighted by Crippen LogP contribution is 2.47. The Labute approximate surface area is 123 Å². The summed E-state index contributed by atoms with van der Waals surface area (Å²) in [5.41, 5.74) is 6.36. The molecule has 0 bridgehead atoms. The SMILES string of the molecule is Clc1cccc([C+]2c3ccccc3-c3ccccc32)c1. The second-order valence-corrected chi connectivity index (χ2v) is 5.41. The monoisotopic (exact) mass is 275 g/mol. The lowest BCUT2D eigenvalue weighted by Gasteiger charge is -2.08. The predicted octanol–water partition coefficient (Wildman–Crippen LogP) is 5.34. The van der Waals surface area contributed by atoms with Crippen molar-refractivity contribution in [1.29, 1.82) is 0 Å². The minimum Gasteiger partial charge on any atom is -0.0776 e. The maximum atomic E-state index is 6.16. The van der Waals surface area contributed by atoms with Gasteiger partial charge in [-0.15, -0.1) is 0 Å². The van der Waals surface area contributed by atoms with E-state index in [1.54, 1.807) is 0 Å². The van der Waals surface area contributed by atoms with Crippen LogP contribution >= 0.6 is 11.6 Å². The Morgan fingerprint density at radius 1 is 0.650 bits per heavy atom. The molecule has 0 saturated carbocycles. The van der Waals surface area contributed by atoms with Gasteiger partial charge in [0.25, 0.3) is 0 Å². The fourth-order valence-electron chi connectivity index (χ4n) is 2.97. The van der Waals surface area contributed by atoms with Crippen molar-refractivity contribution in [2.75, 3.05) is 0 Å². The Bertz CT molecular complexity index is 744. The Kier molecular flexibility index (Phi) is 2.58. The fraction of sp³-hybridized carbons (Fsp3) is 0. The summed E-state index contributed by atoms with van der Waals surface area (Å²) < 4.78 is 0. The van der Waals surface area contributed by atoms with Crippen molar-refractivity contribution < 1.29 is 0 Å². The molecule has 0 nitrogen and oxygen atoms in total. The third kappa shape index (κ3) is 1.65. The van der Waals surface area contributed by atoms with Crippen LogP contribution in [0.2, 0.25) is 5.02 Å². The second-order valence-electron chi connectivity index (χ2n) is 4.98. The van der Waals surface area contributed by atoms with Crippen molar-refractivity contribution in [3.05, 3.63) is 100 Å². The van der Waals surface area contributed by atoms with E-state index < -0.39 is 0 Å². The van der Waals surface area contributed by atoms with Gasteiger partial charge in [-0.2, -0.15) is 0 Å². The highest BCUT2D eigenvalue weighted by atomic mass is 35.5. The van der Waals surface area contributed by atoms with Crippen LogP contribution in [0.15, 0.2) is 72.8 Å². The van der Waals surface area contributed by atoms with Crippen LogP contribution in [0.3, 0.4) is 0 Å². The molecule has 1 aliphatic carbocycles. The Morgan fingerprint density at radius 2 is 1.25 bits per heavy atom. The molecule has 3 aromatic carbocycles. The van der Waals surface area contributed by atoms with Crippen LogP contribution in [0.5, 0.6) is 0 Å². The lowest BCUT2D eigenvalue weighted by molar-refractivity contribution is 1.28. The Morgan fingerprint density at radius 3 is 1.85 bits per heavy atom. The van der Waals surface area contributed by atoms with Crippen LogP contribution in [-0.2, 0) is 0 Å². The van der Waals surface area contributed by atoms with E-state index in [9.17, 15) is 0 Å². The zero-order valence-electron chi connectivity index (χ0n) is 10.8. The maximum Gasteiger partial charge on any atom is 0.0674 e. The molecule has 0 radical (unpaired) electrons. The van der Waals surface area contributed by atoms with E-state index >= 15 is 0 Å². The molecule has 4 rings (SSSR count). The van der Waals surface area contributed by atoms with Gasteiger partial charge in [-0.25, -0.2) is 0 Å². The van der Waals surface area contributed by atoms with Gasteiger partial charge in [0.15, 0.2) is 0 Å². The second kappa shape index (κ2) is 4.43. The first-order valence-corrected chi connectivity index (χ1v) is 7.04. The number of rotatable bonds is 1. The molecule has 0 atom stereocenters. The van der Waals surface area contributed by atoms with Gasteiger partial charge in [-0.1, -0.05) is 11.6 Å². The molecule has 0 aromatic heterocycles.